The van der Waals surface area contributed by atoms with E-state index >= 15 is 0 Å². The molecule has 156 valence electrons. The summed E-state index contributed by atoms with van der Waals surface area (Å²) in [6.07, 6.45) is 2.02. The first kappa shape index (κ1) is 20.7. The molecule has 1 aromatic heterocycles. The maximum absolute atomic E-state index is 13.5. The predicted molar refractivity (Wildman–Crippen MR) is 122 cm³/mol. The maximum Gasteiger partial charge on any atom is 0.254 e. The molecule has 1 fully saturated rings. The lowest BCUT2D eigenvalue weighted by atomic mass is 9.94. The van der Waals surface area contributed by atoms with E-state index in [4.69, 9.17) is 0 Å². The number of benzene rings is 2. The van der Waals surface area contributed by atoms with Crippen LogP contribution < -0.4 is 0 Å². The third-order valence-corrected chi connectivity index (χ3v) is 6.50. The molecule has 1 saturated heterocycles. The lowest BCUT2D eigenvalue weighted by Gasteiger charge is -2.33. The molecule has 0 radical (unpaired) electrons. The third-order valence-electron chi connectivity index (χ3n) is 5.65. The number of aromatic nitrogens is 3. The molecular formula is C24H28N4OS. The molecule has 0 unspecified atom stereocenters. The fourth-order valence-corrected chi connectivity index (χ4v) is 4.95. The van der Waals surface area contributed by atoms with E-state index in [9.17, 15) is 4.79 Å². The number of amides is 1. The van der Waals surface area contributed by atoms with Gasteiger partial charge < -0.3 is 9.47 Å². The van der Waals surface area contributed by atoms with Gasteiger partial charge in [0.05, 0.1) is 0 Å². The van der Waals surface area contributed by atoms with Crippen molar-refractivity contribution in [1.82, 2.24) is 19.7 Å². The highest BCUT2D eigenvalue weighted by Crippen LogP contribution is 2.31. The van der Waals surface area contributed by atoms with E-state index in [0.717, 1.165) is 59.4 Å². The van der Waals surface area contributed by atoms with Crippen molar-refractivity contribution < 1.29 is 4.79 Å². The van der Waals surface area contributed by atoms with E-state index in [0.29, 0.717) is 6.54 Å². The van der Waals surface area contributed by atoms with Crippen molar-refractivity contribution in [2.45, 2.75) is 44.3 Å². The molecule has 2 aromatic carbocycles. The molecule has 1 aliphatic heterocycles. The highest BCUT2D eigenvalue weighted by atomic mass is 32.2. The van der Waals surface area contributed by atoms with Crippen molar-refractivity contribution in [1.29, 1.82) is 0 Å². The Balaban J connectivity index is 1.59. The second-order valence-corrected chi connectivity index (χ2v) is 8.75. The van der Waals surface area contributed by atoms with Crippen LogP contribution in [0.25, 0.3) is 11.1 Å². The molecule has 0 saturated carbocycles. The minimum Gasteiger partial charge on any atom is -0.338 e. The zero-order chi connectivity index (χ0) is 20.9. The number of rotatable bonds is 6. The fourth-order valence-electron chi connectivity index (χ4n) is 4.22. The molecule has 0 bridgehead atoms. The van der Waals surface area contributed by atoms with Crippen LogP contribution in [0.5, 0.6) is 0 Å². The summed E-state index contributed by atoms with van der Waals surface area (Å²) in [5.74, 6) is 2.32. The molecule has 6 heteroatoms. The van der Waals surface area contributed by atoms with E-state index in [1.54, 1.807) is 11.8 Å². The van der Waals surface area contributed by atoms with Crippen molar-refractivity contribution in [3.8, 4) is 11.1 Å². The predicted octanol–water partition coefficient (Wildman–Crippen LogP) is 5.10. The Kier molecular flexibility index (Phi) is 6.53. The highest BCUT2D eigenvalue weighted by Gasteiger charge is 2.30. The summed E-state index contributed by atoms with van der Waals surface area (Å²) in [5.41, 5.74) is 2.83. The lowest BCUT2D eigenvalue weighted by Crippen LogP contribution is -2.40. The minimum absolute atomic E-state index is 0.102. The number of carbonyl (C=O) groups excluding carboxylic acids is 1. The molecule has 1 aliphatic rings. The van der Waals surface area contributed by atoms with Crippen molar-refractivity contribution in [3.63, 3.8) is 0 Å². The van der Waals surface area contributed by atoms with Crippen LogP contribution in [-0.2, 0) is 6.54 Å². The van der Waals surface area contributed by atoms with Gasteiger partial charge in [-0.3, -0.25) is 4.79 Å². The second kappa shape index (κ2) is 9.47. The number of piperidine rings is 1. The van der Waals surface area contributed by atoms with Gasteiger partial charge in [-0.1, -0.05) is 67.2 Å². The van der Waals surface area contributed by atoms with Crippen molar-refractivity contribution in [3.05, 3.63) is 66.0 Å². The smallest absolute Gasteiger partial charge is 0.254 e. The maximum atomic E-state index is 13.5. The number of hydrogen-bond acceptors (Lipinski definition) is 4. The molecule has 30 heavy (non-hydrogen) atoms. The van der Waals surface area contributed by atoms with E-state index in [2.05, 4.69) is 40.7 Å². The molecular weight excluding hydrogens is 392 g/mol. The van der Waals surface area contributed by atoms with E-state index in [1.165, 1.54) is 0 Å². The Morgan fingerprint density at radius 1 is 1.07 bits per heavy atom. The Morgan fingerprint density at radius 3 is 2.60 bits per heavy atom. The molecule has 2 heterocycles. The van der Waals surface area contributed by atoms with Crippen LogP contribution in [0.3, 0.4) is 0 Å². The zero-order valence-electron chi connectivity index (χ0n) is 17.6. The van der Waals surface area contributed by atoms with Gasteiger partial charge in [-0.25, -0.2) is 0 Å². The molecule has 1 amide bonds. The summed E-state index contributed by atoms with van der Waals surface area (Å²) in [6.45, 7) is 6.59. The zero-order valence-corrected chi connectivity index (χ0v) is 18.4. The van der Waals surface area contributed by atoms with Gasteiger partial charge in [0.25, 0.3) is 5.91 Å². The molecule has 5 nitrogen and oxygen atoms in total. The number of likely N-dealkylation sites (tertiary alicyclic amines) is 1. The molecule has 0 aliphatic carbocycles. The summed E-state index contributed by atoms with van der Waals surface area (Å²) in [4.78, 5) is 15.5. The second-order valence-electron chi connectivity index (χ2n) is 7.52. The van der Waals surface area contributed by atoms with Crippen molar-refractivity contribution in [2.75, 3.05) is 18.8 Å². The molecule has 4 rings (SSSR count). The van der Waals surface area contributed by atoms with Gasteiger partial charge in [0.15, 0.2) is 5.16 Å². The summed E-state index contributed by atoms with van der Waals surface area (Å²) in [7, 11) is 0. The van der Waals surface area contributed by atoms with E-state index < -0.39 is 0 Å². The molecule has 0 N–H and O–H groups in total. The van der Waals surface area contributed by atoms with Crippen molar-refractivity contribution in [2.24, 2.45) is 0 Å². The molecule has 3 aromatic rings. The van der Waals surface area contributed by atoms with Gasteiger partial charge in [-0.05, 0) is 42.7 Å². The van der Waals surface area contributed by atoms with Gasteiger partial charge in [-0.15, -0.1) is 10.2 Å². The summed E-state index contributed by atoms with van der Waals surface area (Å²) in [5, 5.41) is 9.90. The number of hydrogen-bond donors (Lipinski definition) is 0. The monoisotopic (exact) mass is 420 g/mol. The molecule has 1 atom stereocenters. The van der Waals surface area contributed by atoms with Gasteiger partial charge in [0, 0.05) is 31.1 Å². The topological polar surface area (TPSA) is 51.0 Å². The average Bonchev–Trinajstić information content (AvgIpc) is 3.22. The Morgan fingerprint density at radius 2 is 1.83 bits per heavy atom. The largest absolute Gasteiger partial charge is 0.338 e. The van der Waals surface area contributed by atoms with Crippen LogP contribution in [0.15, 0.2) is 59.8 Å². The van der Waals surface area contributed by atoms with E-state index in [-0.39, 0.29) is 11.8 Å². The Bertz CT molecular complexity index is 1000. The van der Waals surface area contributed by atoms with Gasteiger partial charge in [-0.2, -0.15) is 0 Å². The van der Waals surface area contributed by atoms with Gasteiger partial charge in [0.1, 0.15) is 5.82 Å². The van der Waals surface area contributed by atoms with Crippen LogP contribution in [0, 0.1) is 0 Å². The number of nitrogens with zero attached hydrogens (tertiary/aromatic N) is 4. The van der Waals surface area contributed by atoms with Crippen molar-refractivity contribution >= 4 is 17.7 Å². The number of thioether (sulfide) groups is 1. The first-order chi connectivity index (χ1) is 14.7. The van der Waals surface area contributed by atoms with Crippen LogP contribution in [0.1, 0.15) is 48.8 Å². The average molecular weight is 421 g/mol. The Hall–Kier alpha value is -2.60. The SMILES string of the molecule is CCSc1nnc([C@@H]2CCCN(C(=O)c3ccccc3-c3ccccc3)C2)n1CC. The van der Waals surface area contributed by atoms with Crippen LogP contribution >= 0.6 is 11.8 Å². The third kappa shape index (κ3) is 4.15. The first-order valence-corrected chi connectivity index (χ1v) is 11.7. The minimum atomic E-state index is 0.102. The quantitative estimate of drug-likeness (QED) is 0.521. The standard InChI is InChI=1S/C24H28N4OS/c1-3-28-22(25-26-24(28)30-4-2)19-13-10-16-27(17-19)23(29)21-15-9-8-14-20(21)18-11-6-5-7-12-18/h5-9,11-12,14-15,19H,3-4,10,13,16-17H2,1-2H3/t19-/m1/s1. The van der Waals surface area contributed by atoms with Crippen LogP contribution in [-0.4, -0.2) is 44.4 Å². The summed E-state index contributed by atoms with van der Waals surface area (Å²) >= 11 is 1.72. The summed E-state index contributed by atoms with van der Waals surface area (Å²) < 4.78 is 2.21. The molecule has 0 spiro atoms. The summed E-state index contributed by atoms with van der Waals surface area (Å²) in [6, 6.07) is 18.1. The van der Waals surface area contributed by atoms with Crippen LogP contribution in [0.2, 0.25) is 0 Å². The van der Waals surface area contributed by atoms with Crippen LogP contribution in [0.4, 0.5) is 0 Å². The lowest BCUT2D eigenvalue weighted by molar-refractivity contribution is 0.0704. The normalized spacial score (nSPS) is 16.6. The van der Waals surface area contributed by atoms with Gasteiger partial charge >= 0.3 is 0 Å². The fraction of sp³-hybridized carbons (Fsp3) is 0.375. The highest BCUT2D eigenvalue weighted by molar-refractivity contribution is 7.99. The Labute approximate surface area is 182 Å². The van der Waals surface area contributed by atoms with Gasteiger partial charge in [0.2, 0.25) is 0 Å². The number of carbonyl (C=O) groups is 1. The first-order valence-electron chi connectivity index (χ1n) is 10.7. The van der Waals surface area contributed by atoms with E-state index in [1.807, 2.05) is 47.4 Å².